The topological polar surface area (TPSA) is 26.3 Å². The fourth-order valence-electron chi connectivity index (χ4n) is 3.14. The largest absolute Gasteiger partial charge is 0.469 e. The first-order valence-corrected chi connectivity index (χ1v) is 5.32. The lowest BCUT2D eigenvalue weighted by Gasteiger charge is -2.21. The van der Waals surface area contributed by atoms with Gasteiger partial charge in [-0.25, -0.2) is 0 Å². The maximum Gasteiger partial charge on any atom is 0.311 e. The van der Waals surface area contributed by atoms with E-state index in [1.54, 1.807) is 0 Å². The molecular weight excluding hydrogens is 176 g/mol. The first-order chi connectivity index (χ1) is 6.57. The second-order valence-corrected chi connectivity index (χ2v) is 5.01. The Balaban J connectivity index is 2.15. The van der Waals surface area contributed by atoms with Crippen molar-refractivity contribution in [1.29, 1.82) is 0 Å². The number of fused-ring (bicyclic) bond motifs is 1. The zero-order chi connectivity index (χ0) is 10.3. The highest BCUT2D eigenvalue weighted by molar-refractivity contribution is 5.76. The lowest BCUT2D eigenvalue weighted by Crippen LogP contribution is -2.26. The van der Waals surface area contributed by atoms with Crippen molar-refractivity contribution in [3.05, 3.63) is 11.6 Å². The summed E-state index contributed by atoms with van der Waals surface area (Å²) in [6.45, 7) is 4.23. The zero-order valence-electron chi connectivity index (χ0n) is 9.17. The minimum Gasteiger partial charge on any atom is -0.469 e. The van der Waals surface area contributed by atoms with Crippen LogP contribution in [0.25, 0.3) is 0 Å². The van der Waals surface area contributed by atoms with Crippen molar-refractivity contribution in [2.24, 2.45) is 17.3 Å². The van der Waals surface area contributed by atoms with Gasteiger partial charge in [-0.2, -0.15) is 0 Å². The molecule has 14 heavy (non-hydrogen) atoms. The van der Waals surface area contributed by atoms with Gasteiger partial charge < -0.3 is 4.74 Å². The van der Waals surface area contributed by atoms with E-state index in [0.29, 0.717) is 11.8 Å². The quantitative estimate of drug-likeness (QED) is 0.473. The Kier molecular flexibility index (Phi) is 2.17. The predicted octanol–water partition coefficient (Wildman–Crippen LogP) is 2.54. The molecule has 0 aromatic rings. The van der Waals surface area contributed by atoms with Crippen LogP contribution >= 0.6 is 0 Å². The minimum atomic E-state index is -0.223. The Labute approximate surface area is 85.3 Å². The van der Waals surface area contributed by atoms with Crippen molar-refractivity contribution < 1.29 is 9.53 Å². The van der Waals surface area contributed by atoms with Crippen molar-refractivity contribution in [1.82, 2.24) is 0 Å². The van der Waals surface area contributed by atoms with Crippen LogP contribution in [0, 0.1) is 17.3 Å². The van der Waals surface area contributed by atoms with E-state index in [0.717, 1.165) is 19.3 Å². The first kappa shape index (κ1) is 9.75. The second kappa shape index (κ2) is 3.11. The molecule has 3 atom stereocenters. The summed E-state index contributed by atoms with van der Waals surface area (Å²) in [5.74, 6) is 1.30. The average Bonchev–Trinajstić information content (AvgIpc) is 2.65. The van der Waals surface area contributed by atoms with Gasteiger partial charge in [0.15, 0.2) is 0 Å². The van der Waals surface area contributed by atoms with Crippen LogP contribution < -0.4 is 0 Å². The van der Waals surface area contributed by atoms with Crippen LogP contribution in [0.3, 0.4) is 0 Å². The summed E-state index contributed by atoms with van der Waals surface area (Å²) < 4.78 is 4.88. The van der Waals surface area contributed by atoms with Crippen molar-refractivity contribution in [2.45, 2.75) is 33.1 Å². The number of allylic oxidation sites excluding steroid dienone is 2. The molecule has 2 heteroatoms. The highest BCUT2D eigenvalue weighted by Gasteiger charge is 2.49. The van der Waals surface area contributed by atoms with E-state index in [4.69, 9.17) is 4.74 Å². The summed E-state index contributed by atoms with van der Waals surface area (Å²) in [5, 5.41) is 0. The third kappa shape index (κ3) is 1.28. The maximum absolute atomic E-state index is 11.6. The van der Waals surface area contributed by atoms with Gasteiger partial charge in [0.25, 0.3) is 0 Å². The standard InChI is InChI=1S/C12H18O2/c1-8-4-5-9-6-12(2,7-10(8)9)11(13)14-3/h4,9-10H,5-7H2,1-3H3/t9-,10-,12-/m1/s1. The van der Waals surface area contributed by atoms with Gasteiger partial charge in [-0.05, 0) is 44.9 Å². The van der Waals surface area contributed by atoms with Crippen molar-refractivity contribution in [3.63, 3.8) is 0 Å². The molecule has 78 valence electrons. The molecule has 0 unspecified atom stereocenters. The van der Waals surface area contributed by atoms with Gasteiger partial charge in [-0.1, -0.05) is 11.6 Å². The van der Waals surface area contributed by atoms with Crippen LogP contribution in [0.2, 0.25) is 0 Å². The van der Waals surface area contributed by atoms with Crippen LogP contribution in [0.4, 0.5) is 0 Å². The van der Waals surface area contributed by atoms with Gasteiger partial charge in [0.1, 0.15) is 0 Å². The summed E-state index contributed by atoms with van der Waals surface area (Å²) in [5.41, 5.74) is 1.25. The lowest BCUT2D eigenvalue weighted by atomic mass is 9.86. The summed E-state index contributed by atoms with van der Waals surface area (Å²) in [6.07, 6.45) is 5.46. The fourth-order valence-corrected chi connectivity index (χ4v) is 3.14. The molecule has 0 aromatic carbocycles. The number of methoxy groups -OCH3 is 1. The van der Waals surface area contributed by atoms with Crippen molar-refractivity contribution in [3.8, 4) is 0 Å². The molecule has 0 amide bonds. The number of esters is 1. The Morgan fingerprint density at radius 1 is 1.57 bits per heavy atom. The molecule has 1 fully saturated rings. The van der Waals surface area contributed by atoms with E-state index in [1.165, 1.54) is 12.7 Å². The summed E-state index contributed by atoms with van der Waals surface area (Å²) >= 11 is 0. The first-order valence-electron chi connectivity index (χ1n) is 5.32. The van der Waals surface area contributed by atoms with Crippen LogP contribution in [-0.4, -0.2) is 13.1 Å². The number of hydrogen-bond donors (Lipinski definition) is 0. The van der Waals surface area contributed by atoms with Crippen LogP contribution in [0.5, 0.6) is 0 Å². The summed E-state index contributed by atoms with van der Waals surface area (Å²) in [6, 6.07) is 0. The molecule has 0 bridgehead atoms. The number of rotatable bonds is 1. The normalized spacial score (nSPS) is 40.6. The number of carbonyl (C=O) groups is 1. The monoisotopic (exact) mass is 194 g/mol. The van der Waals surface area contributed by atoms with Crippen molar-refractivity contribution in [2.75, 3.05) is 7.11 Å². The average molecular weight is 194 g/mol. The zero-order valence-corrected chi connectivity index (χ0v) is 9.17. The molecule has 2 rings (SSSR count). The van der Waals surface area contributed by atoms with E-state index >= 15 is 0 Å². The molecule has 0 N–H and O–H groups in total. The Morgan fingerprint density at radius 3 is 2.86 bits per heavy atom. The van der Waals surface area contributed by atoms with E-state index in [2.05, 4.69) is 13.0 Å². The van der Waals surface area contributed by atoms with Crippen LogP contribution in [0.1, 0.15) is 33.1 Å². The third-order valence-electron chi connectivity index (χ3n) is 3.96. The molecule has 0 spiro atoms. The van der Waals surface area contributed by atoms with Gasteiger partial charge in [0, 0.05) is 0 Å². The van der Waals surface area contributed by atoms with Gasteiger partial charge in [0.2, 0.25) is 0 Å². The highest BCUT2D eigenvalue weighted by Crippen LogP contribution is 2.53. The molecule has 0 radical (unpaired) electrons. The predicted molar refractivity (Wildman–Crippen MR) is 54.7 cm³/mol. The van der Waals surface area contributed by atoms with Crippen LogP contribution in [0.15, 0.2) is 11.6 Å². The molecule has 0 aromatic heterocycles. The molecule has 0 aliphatic heterocycles. The van der Waals surface area contributed by atoms with Crippen LogP contribution in [-0.2, 0) is 9.53 Å². The maximum atomic E-state index is 11.6. The minimum absolute atomic E-state index is 0.0281. The molecule has 0 heterocycles. The summed E-state index contributed by atoms with van der Waals surface area (Å²) in [7, 11) is 1.49. The molecule has 2 aliphatic rings. The molecule has 2 nitrogen and oxygen atoms in total. The molecule has 0 saturated heterocycles. The fraction of sp³-hybridized carbons (Fsp3) is 0.750. The number of carbonyl (C=O) groups excluding carboxylic acids is 1. The third-order valence-corrected chi connectivity index (χ3v) is 3.96. The van der Waals surface area contributed by atoms with E-state index in [-0.39, 0.29) is 11.4 Å². The van der Waals surface area contributed by atoms with Gasteiger partial charge in [-0.3, -0.25) is 4.79 Å². The second-order valence-electron chi connectivity index (χ2n) is 5.01. The Hall–Kier alpha value is -0.790. The molecular formula is C12H18O2. The van der Waals surface area contributed by atoms with Gasteiger partial charge >= 0.3 is 5.97 Å². The highest BCUT2D eigenvalue weighted by atomic mass is 16.5. The van der Waals surface area contributed by atoms with Gasteiger partial charge in [0.05, 0.1) is 12.5 Å². The smallest absolute Gasteiger partial charge is 0.311 e. The van der Waals surface area contributed by atoms with E-state index in [9.17, 15) is 4.79 Å². The number of ether oxygens (including phenoxy) is 1. The molecule has 1 saturated carbocycles. The Morgan fingerprint density at radius 2 is 2.29 bits per heavy atom. The molecule has 2 aliphatic carbocycles. The van der Waals surface area contributed by atoms with Crippen molar-refractivity contribution >= 4 is 5.97 Å². The van der Waals surface area contributed by atoms with E-state index in [1.807, 2.05) is 6.92 Å². The van der Waals surface area contributed by atoms with Gasteiger partial charge in [-0.15, -0.1) is 0 Å². The van der Waals surface area contributed by atoms with E-state index < -0.39 is 0 Å². The number of hydrogen-bond acceptors (Lipinski definition) is 2. The Bertz CT molecular complexity index is 293. The summed E-state index contributed by atoms with van der Waals surface area (Å²) in [4.78, 5) is 11.6. The lowest BCUT2D eigenvalue weighted by molar-refractivity contribution is -0.151. The SMILES string of the molecule is COC(=O)[C@]1(C)C[C@H]2CC=C(C)[C@H]2C1.